The molecule has 0 radical (unpaired) electrons. The van der Waals surface area contributed by atoms with Crippen molar-refractivity contribution >= 4 is 17.7 Å². The highest BCUT2D eigenvalue weighted by molar-refractivity contribution is 8.00. The first-order valence-corrected chi connectivity index (χ1v) is 8.09. The number of carbonyl (C=O) groups is 1. The molecule has 1 amide bonds. The van der Waals surface area contributed by atoms with Gasteiger partial charge in [-0.15, -0.1) is 11.8 Å². The van der Waals surface area contributed by atoms with Crippen molar-refractivity contribution in [2.24, 2.45) is 0 Å². The van der Waals surface area contributed by atoms with Crippen molar-refractivity contribution in [3.63, 3.8) is 0 Å². The zero-order valence-corrected chi connectivity index (χ0v) is 12.7. The fraction of sp³-hybridized carbons (Fsp3) is 0.235. The fourth-order valence-electron chi connectivity index (χ4n) is 2.55. The molecule has 0 aliphatic carbocycles. The molecule has 0 spiro atoms. The summed E-state index contributed by atoms with van der Waals surface area (Å²) in [4.78, 5) is 13.7. The Morgan fingerprint density at radius 3 is 2.73 bits per heavy atom. The number of aliphatic hydroxyl groups is 1. The number of aliphatic hydroxyl groups excluding tert-OH is 1. The third-order valence-corrected chi connectivity index (χ3v) is 4.91. The molecule has 2 aromatic carbocycles. The van der Waals surface area contributed by atoms with Crippen molar-refractivity contribution in [3.8, 4) is 0 Å². The maximum atomic E-state index is 13.4. The van der Waals surface area contributed by atoms with E-state index >= 15 is 0 Å². The molecule has 5 heteroatoms. The summed E-state index contributed by atoms with van der Waals surface area (Å²) in [6.45, 7) is 0.205. The van der Waals surface area contributed by atoms with Gasteiger partial charge in [-0.1, -0.05) is 42.5 Å². The molecule has 1 heterocycles. The molecule has 1 aliphatic rings. The Kier molecular flexibility index (Phi) is 4.45. The number of halogens is 1. The van der Waals surface area contributed by atoms with Crippen LogP contribution in [-0.4, -0.2) is 28.2 Å². The standard InChI is InChI=1S/C17H16FNO2S/c18-14-8-4-7-13(9-14)17-19(16(21)11-22-17)10-15(20)12-5-2-1-3-6-12/h1-9,15,17,20H,10-11H2. The molecule has 2 unspecified atom stereocenters. The monoisotopic (exact) mass is 317 g/mol. The number of hydrogen-bond donors (Lipinski definition) is 1. The van der Waals surface area contributed by atoms with E-state index in [4.69, 9.17) is 0 Å². The van der Waals surface area contributed by atoms with Crippen molar-refractivity contribution in [1.29, 1.82) is 0 Å². The largest absolute Gasteiger partial charge is 0.387 e. The highest BCUT2D eigenvalue weighted by Crippen LogP contribution is 2.39. The minimum Gasteiger partial charge on any atom is -0.387 e. The lowest BCUT2D eigenvalue weighted by atomic mass is 10.1. The Morgan fingerprint density at radius 2 is 2.00 bits per heavy atom. The van der Waals surface area contributed by atoms with E-state index in [1.165, 1.54) is 23.9 Å². The van der Waals surface area contributed by atoms with Gasteiger partial charge in [0.2, 0.25) is 5.91 Å². The first-order chi connectivity index (χ1) is 10.6. The molecule has 22 heavy (non-hydrogen) atoms. The van der Waals surface area contributed by atoms with Gasteiger partial charge in [0.15, 0.2) is 0 Å². The molecule has 2 aromatic rings. The molecule has 1 saturated heterocycles. The molecule has 1 N–H and O–H groups in total. The van der Waals surface area contributed by atoms with Crippen LogP contribution < -0.4 is 0 Å². The molecule has 1 fully saturated rings. The van der Waals surface area contributed by atoms with Crippen LogP contribution in [0.3, 0.4) is 0 Å². The molecular weight excluding hydrogens is 301 g/mol. The number of hydrogen-bond acceptors (Lipinski definition) is 3. The van der Waals surface area contributed by atoms with E-state index in [1.807, 2.05) is 30.3 Å². The quantitative estimate of drug-likeness (QED) is 0.942. The first-order valence-electron chi connectivity index (χ1n) is 7.04. The summed E-state index contributed by atoms with van der Waals surface area (Å²) < 4.78 is 13.4. The Morgan fingerprint density at radius 1 is 1.23 bits per heavy atom. The van der Waals surface area contributed by atoms with Gasteiger partial charge in [0.05, 0.1) is 18.4 Å². The molecule has 0 aromatic heterocycles. The molecule has 0 saturated carbocycles. The number of rotatable bonds is 4. The first kappa shape index (κ1) is 15.1. The third-order valence-electron chi connectivity index (χ3n) is 3.66. The topological polar surface area (TPSA) is 40.5 Å². The van der Waals surface area contributed by atoms with Crippen LogP contribution in [0.5, 0.6) is 0 Å². The summed E-state index contributed by atoms with van der Waals surface area (Å²) in [7, 11) is 0. The number of benzene rings is 2. The van der Waals surface area contributed by atoms with E-state index in [0.717, 1.165) is 11.1 Å². The fourth-order valence-corrected chi connectivity index (χ4v) is 3.74. The van der Waals surface area contributed by atoms with E-state index in [1.54, 1.807) is 17.0 Å². The van der Waals surface area contributed by atoms with Gasteiger partial charge >= 0.3 is 0 Å². The normalized spacial score (nSPS) is 19.5. The van der Waals surface area contributed by atoms with Crippen LogP contribution in [0.15, 0.2) is 54.6 Å². The van der Waals surface area contributed by atoms with Gasteiger partial charge in [-0.25, -0.2) is 4.39 Å². The summed E-state index contributed by atoms with van der Waals surface area (Å²) in [6, 6.07) is 15.5. The van der Waals surface area contributed by atoms with Gasteiger partial charge in [-0.3, -0.25) is 4.79 Å². The summed E-state index contributed by atoms with van der Waals surface area (Å²) in [5.41, 5.74) is 1.52. The van der Waals surface area contributed by atoms with Crippen LogP contribution in [0.2, 0.25) is 0 Å². The zero-order valence-electron chi connectivity index (χ0n) is 11.9. The number of thioether (sulfide) groups is 1. The van der Waals surface area contributed by atoms with Gasteiger partial charge in [0.1, 0.15) is 11.2 Å². The lowest BCUT2D eigenvalue weighted by molar-refractivity contribution is -0.129. The van der Waals surface area contributed by atoms with Crippen LogP contribution in [-0.2, 0) is 4.79 Å². The average molecular weight is 317 g/mol. The Bertz CT molecular complexity index is 665. The second-order valence-electron chi connectivity index (χ2n) is 5.19. The molecule has 1 aliphatic heterocycles. The third kappa shape index (κ3) is 3.15. The lowest BCUT2D eigenvalue weighted by Crippen LogP contribution is -2.32. The van der Waals surface area contributed by atoms with Gasteiger partial charge in [0, 0.05) is 0 Å². The lowest BCUT2D eigenvalue weighted by Gasteiger charge is -2.26. The van der Waals surface area contributed by atoms with Crippen molar-refractivity contribution in [1.82, 2.24) is 4.90 Å². The predicted molar refractivity (Wildman–Crippen MR) is 84.7 cm³/mol. The predicted octanol–water partition coefficient (Wildman–Crippen LogP) is 3.13. The van der Waals surface area contributed by atoms with E-state index in [2.05, 4.69) is 0 Å². The minimum absolute atomic E-state index is 0.0331. The van der Waals surface area contributed by atoms with E-state index in [9.17, 15) is 14.3 Å². The van der Waals surface area contributed by atoms with Crippen LogP contribution >= 0.6 is 11.8 Å². The highest BCUT2D eigenvalue weighted by atomic mass is 32.2. The summed E-state index contributed by atoms with van der Waals surface area (Å²) in [5, 5.41) is 10.1. The van der Waals surface area contributed by atoms with E-state index < -0.39 is 6.10 Å². The Labute approximate surface area is 132 Å². The molecule has 2 atom stereocenters. The average Bonchev–Trinajstić information content (AvgIpc) is 2.89. The summed E-state index contributed by atoms with van der Waals surface area (Å²) in [5.74, 6) is -0.00173. The van der Waals surface area contributed by atoms with E-state index in [-0.39, 0.29) is 23.6 Å². The number of β-amino-alcohol motifs (C(OH)–C–C–N with tert-alkyl or cyclic N) is 1. The smallest absolute Gasteiger partial charge is 0.233 e. The highest BCUT2D eigenvalue weighted by Gasteiger charge is 2.34. The minimum atomic E-state index is -0.750. The van der Waals surface area contributed by atoms with Gasteiger partial charge in [-0.05, 0) is 23.3 Å². The maximum Gasteiger partial charge on any atom is 0.233 e. The second-order valence-corrected chi connectivity index (χ2v) is 6.26. The zero-order chi connectivity index (χ0) is 15.5. The maximum absolute atomic E-state index is 13.4. The number of amides is 1. The number of nitrogens with zero attached hydrogens (tertiary/aromatic N) is 1. The van der Waals surface area contributed by atoms with Crippen molar-refractivity contribution < 1.29 is 14.3 Å². The van der Waals surface area contributed by atoms with Crippen molar-refractivity contribution in [3.05, 3.63) is 71.5 Å². The van der Waals surface area contributed by atoms with Gasteiger partial charge < -0.3 is 10.0 Å². The second kappa shape index (κ2) is 6.50. The van der Waals surface area contributed by atoms with Crippen molar-refractivity contribution in [2.75, 3.05) is 12.3 Å². The van der Waals surface area contributed by atoms with Crippen LogP contribution in [0.25, 0.3) is 0 Å². The molecule has 3 nitrogen and oxygen atoms in total. The van der Waals surface area contributed by atoms with Crippen LogP contribution in [0.1, 0.15) is 22.6 Å². The van der Waals surface area contributed by atoms with Crippen LogP contribution in [0, 0.1) is 5.82 Å². The number of carbonyl (C=O) groups excluding carboxylic acids is 1. The van der Waals surface area contributed by atoms with Gasteiger partial charge in [0.25, 0.3) is 0 Å². The summed E-state index contributed by atoms with van der Waals surface area (Å²) >= 11 is 1.46. The van der Waals surface area contributed by atoms with E-state index in [0.29, 0.717) is 5.75 Å². The summed E-state index contributed by atoms with van der Waals surface area (Å²) in [6.07, 6.45) is -0.750. The Balaban J connectivity index is 1.80. The van der Waals surface area contributed by atoms with Gasteiger partial charge in [-0.2, -0.15) is 0 Å². The Hall–Kier alpha value is -1.85. The van der Waals surface area contributed by atoms with Crippen LogP contribution in [0.4, 0.5) is 4.39 Å². The molecular formula is C17H16FNO2S. The molecule has 0 bridgehead atoms. The van der Waals surface area contributed by atoms with Crippen molar-refractivity contribution in [2.45, 2.75) is 11.5 Å². The molecule has 114 valence electrons. The molecule has 3 rings (SSSR count). The SMILES string of the molecule is O=C1CSC(c2cccc(F)c2)N1CC(O)c1ccccc1.